The molecule has 4 fully saturated rings. The highest BCUT2D eigenvalue weighted by Crippen LogP contribution is 2.43. The van der Waals surface area contributed by atoms with Gasteiger partial charge in [-0.25, -0.2) is 0 Å². The van der Waals surface area contributed by atoms with Crippen molar-refractivity contribution in [3.05, 3.63) is 24.3 Å². The van der Waals surface area contributed by atoms with E-state index in [-0.39, 0.29) is 36.5 Å². The van der Waals surface area contributed by atoms with Gasteiger partial charge in [-0.2, -0.15) is 13.2 Å². The molecule has 4 unspecified atom stereocenters. The molecule has 52 heavy (non-hydrogen) atoms. The Balaban J connectivity index is 1.39. The molecule has 1 aliphatic heterocycles. The molecule has 1 aromatic rings. The topological polar surface area (TPSA) is 162 Å². The van der Waals surface area contributed by atoms with Crippen molar-refractivity contribution in [1.29, 1.82) is 0 Å². The van der Waals surface area contributed by atoms with E-state index in [4.69, 9.17) is 0 Å². The van der Waals surface area contributed by atoms with E-state index in [0.29, 0.717) is 25.7 Å². The molecule has 4 amide bonds. The summed E-state index contributed by atoms with van der Waals surface area (Å²) in [5, 5.41) is 10.9. The molecule has 12 nitrogen and oxygen atoms in total. The first kappa shape index (κ1) is 39.6. The number of aromatic nitrogens is 2. The second-order valence-electron chi connectivity index (χ2n) is 16.2. The molecular formula is C37H54F3N7O5. The minimum Gasteiger partial charge on any atom is -0.347 e. The number of ketones is 1. The number of hydrogen-bond donors (Lipinski definition) is 4. The third-order valence-electron chi connectivity index (χ3n) is 11.1. The van der Waals surface area contributed by atoms with Gasteiger partial charge in [0.1, 0.15) is 18.1 Å². The summed E-state index contributed by atoms with van der Waals surface area (Å²) in [6, 6.07) is -6.74. The van der Waals surface area contributed by atoms with Crippen LogP contribution in [0.15, 0.2) is 18.6 Å². The summed E-state index contributed by atoms with van der Waals surface area (Å²) in [5.41, 5.74) is -1.26. The standard InChI is InChI=1S/C37H54F3N7O5/c1-5-10-25(29(48)34(51)43-23-15-16-23)44-33(50)28-24-14-9-13-22(24)20-47(28)35(52)31(36(2,3)4)46-32(49)27(21-11-7-6-8-12-21)45-30(37(38,39)40)26-19-41-17-18-42-26/h17-19,21-25,27-28,30-31,45H,5-16,20H2,1-4H3,(H,43,51)(H,44,50)(H,46,49)/t22-,24-,25?,27?,28-,30?,31?/m0/s1. The fraction of sp³-hybridized carbons (Fsp3) is 0.757. The quantitative estimate of drug-likeness (QED) is 0.209. The monoisotopic (exact) mass is 733 g/mol. The number of hydrogen-bond acceptors (Lipinski definition) is 8. The van der Waals surface area contributed by atoms with Crippen molar-refractivity contribution in [2.24, 2.45) is 23.2 Å². The SMILES string of the molecule is CCCC(NC(=O)[C@@H]1[C@H]2CCC[C@H]2CN1C(=O)C(NC(=O)C(NC(c1cnccn1)C(F)(F)F)C1CCCCC1)C(C)(C)C)C(=O)C(=O)NC1CC1. The number of nitrogens with one attached hydrogen (secondary N) is 4. The molecule has 5 rings (SSSR count). The molecule has 0 spiro atoms. The number of halogens is 3. The fourth-order valence-corrected chi connectivity index (χ4v) is 8.25. The maximum atomic E-state index is 14.6. The molecule has 3 aliphatic carbocycles. The number of fused-ring (bicyclic) bond motifs is 1. The van der Waals surface area contributed by atoms with Crippen molar-refractivity contribution in [2.45, 2.75) is 147 Å². The van der Waals surface area contributed by atoms with Crippen LogP contribution < -0.4 is 21.3 Å². The van der Waals surface area contributed by atoms with Gasteiger partial charge in [-0.1, -0.05) is 59.8 Å². The highest BCUT2D eigenvalue weighted by atomic mass is 19.4. The Kier molecular flexibility index (Phi) is 12.6. The predicted octanol–water partition coefficient (Wildman–Crippen LogP) is 3.91. The number of Topliss-reactive ketones (excluding diaryl/α,β-unsaturated/α-hetero) is 1. The zero-order valence-electron chi connectivity index (χ0n) is 30.6. The maximum absolute atomic E-state index is 14.6. The second kappa shape index (κ2) is 16.6. The van der Waals surface area contributed by atoms with Crippen LogP contribution in [-0.4, -0.2) is 87.2 Å². The molecule has 0 bridgehead atoms. The van der Waals surface area contributed by atoms with E-state index >= 15 is 0 Å². The lowest BCUT2D eigenvalue weighted by atomic mass is 9.81. The van der Waals surface area contributed by atoms with E-state index in [9.17, 15) is 37.1 Å². The molecule has 4 N–H and O–H groups in total. The molecule has 1 saturated heterocycles. The maximum Gasteiger partial charge on any atom is 0.409 e. The summed E-state index contributed by atoms with van der Waals surface area (Å²) in [4.78, 5) is 78.0. The van der Waals surface area contributed by atoms with Crippen LogP contribution in [-0.2, 0) is 24.0 Å². The van der Waals surface area contributed by atoms with Gasteiger partial charge in [-0.3, -0.25) is 39.3 Å². The highest BCUT2D eigenvalue weighted by Gasteiger charge is 2.53. The summed E-state index contributed by atoms with van der Waals surface area (Å²) in [5.74, 6) is -3.77. The van der Waals surface area contributed by atoms with E-state index in [1.54, 1.807) is 20.8 Å². The molecule has 288 valence electrons. The first-order valence-corrected chi connectivity index (χ1v) is 18.9. The van der Waals surface area contributed by atoms with Gasteiger partial charge in [0.25, 0.3) is 5.91 Å². The van der Waals surface area contributed by atoms with Gasteiger partial charge in [0.15, 0.2) is 0 Å². The van der Waals surface area contributed by atoms with Gasteiger partial charge in [-0.05, 0) is 68.1 Å². The summed E-state index contributed by atoms with van der Waals surface area (Å²) >= 11 is 0. The number of alkyl halides is 3. The van der Waals surface area contributed by atoms with Gasteiger partial charge in [0, 0.05) is 25.0 Å². The molecule has 4 aliphatic rings. The van der Waals surface area contributed by atoms with Crippen molar-refractivity contribution < 1.29 is 37.1 Å². The van der Waals surface area contributed by atoms with E-state index in [1.165, 1.54) is 17.3 Å². The van der Waals surface area contributed by atoms with Crippen LogP contribution in [0.1, 0.15) is 116 Å². The number of rotatable bonds is 14. The summed E-state index contributed by atoms with van der Waals surface area (Å²) in [7, 11) is 0. The normalized spacial score (nSPS) is 24.7. The highest BCUT2D eigenvalue weighted by molar-refractivity contribution is 6.38. The molecule has 1 aromatic heterocycles. The average Bonchev–Trinajstić information content (AvgIpc) is 3.66. The Hall–Kier alpha value is -3.62. The molecule has 3 saturated carbocycles. The van der Waals surface area contributed by atoms with Crippen LogP contribution in [0.5, 0.6) is 0 Å². The van der Waals surface area contributed by atoms with E-state index < -0.39 is 77.1 Å². The van der Waals surface area contributed by atoms with Crippen LogP contribution in [0.3, 0.4) is 0 Å². The Morgan fingerprint density at radius 2 is 1.63 bits per heavy atom. The van der Waals surface area contributed by atoms with Crippen LogP contribution in [0.25, 0.3) is 0 Å². The third-order valence-corrected chi connectivity index (χ3v) is 11.1. The molecule has 0 aromatic carbocycles. The predicted molar refractivity (Wildman–Crippen MR) is 185 cm³/mol. The summed E-state index contributed by atoms with van der Waals surface area (Å²) in [6.45, 7) is 7.40. The summed E-state index contributed by atoms with van der Waals surface area (Å²) in [6.07, 6.45) is 6.97. The van der Waals surface area contributed by atoms with Crippen LogP contribution in [0, 0.1) is 23.2 Å². The molecule has 2 heterocycles. The minimum absolute atomic E-state index is 0.0274. The van der Waals surface area contributed by atoms with E-state index in [2.05, 4.69) is 31.2 Å². The van der Waals surface area contributed by atoms with Crippen molar-refractivity contribution in [1.82, 2.24) is 36.1 Å². The Bertz CT molecular complexity index is 1440. The van der Waals surface area contributed by atoms with Crippen molar-refractivity contribution in [3.63, 3.8) is 0 Å². The van der Waals surface area contributed by atoms with Crippen molar-refractivity contribution in [2.75, 3.05) is 6.54 Å². The van der Waals surface area contributed by atoms with E-state index in [0.717, 1.165) is 51.1 Å². The second-order valence-corrected chi connectivity index (χ2v) is 16.2. The minimum atomic E-state index is -4.79. The largest absolute Gasteiger partial charge is 0.409 e. The van der Waals surface area contributed by atoms with Gasteiger partial charge >= 0.3 is 6.18 Å². The zero-order valence-corrected chi connectivity index (χ0v) is 30.6. The van der Waals surface area contributed by atoms with Gasteiger partial charge < -0.3 is 20.9 Å². The third kappa shape index (κ3) is 9.48. The first-order valence-electron chi connectivity index (χ1n) is 18.9. The zero-order chi connectivity index (χ0) is 37.8. The molecule has 7 atom stereocenters. The molecular weight excluding hydrogens is 679 g/mol. The lowest BCUT2D eigenvalue weighted by Crippen LogP contribution is -2.62. The number of amides is 4. The van der Waals surface area contributed by atoms with Crippen LogP contribution in [0.2, 0.25) is 0 Å². The fourth-order valence-electron chi connectivity index (χ4n) is 8.25. The number of nitrogens with zero attached hydrogens (tertiary/aromatic N) is 3. The molecule has 15 heteroatoms. The lowest BCUT2D eigenvalue weighted by molar-refractivity contribution is -0.163. The van der Waals surface area contributed by atoms with Gasteiger partial charge in [0.2, 0.25) is 23.5 Å². The first-order chi connectivity index (χ1) is 24.6. The van der Waals surface area contributed by atoms with Gasteiger partial charge in [-0.15, -0.1) is 0 Å². The molecule has 0 radical (unpaired) electrons. The number of likely N-dealkylation sites (tertiary alicyclic amines) is 1. The lowest BCUT2D eigenvalue weighted by Gasteiger charge is -2.39. The van der Waals surface area contributed by atoms with Crippen molar-refractivity contribution in [3.8, 4) is 0 Å². The average molecular weight is 734 g/mol. The Morgan fingerprint density at radius 1 is 0.923 bits per heavy atom. The summed E-state index contributed by atoms with van der Waals surface area (Å²) < 4.78 is 43.5. The van der Waals surface area contributed by atoms with Gasteiger partial charge in [0.05, 0.1) is 24.0 Å². The van der Waals surface area contributed by atoms with E-state index in [1.807, 2.05) is 6.92 Å². The Labute approximate surface area is 303 Å². The van der Waals surface area contributed by atoms with Crippen molar-refractivity contribution >= 4 is 29.4 Å². The van der Waals surface area contributed by atoms with Crippen LogP contribution >= 0.6 is 0 Å². The smallest absolute Gasteiger partial charge is 0.347 e. The Morgan fingerprint density at radius 3 is 2.23 bits per heavy atom. The number of carbonyl (C=O) groups is 5. The number of carbonyl (C=O) groups excluding carboxylic acids is 5. The van der Waals surface area contributed by atoms with Crippen LogP contribution in [0.4, 0.5) is 13.2 Å².